The molecule has 1 saturated carbocycles. The molecular weight excluding hydrogens is 176 g/mol. The van der Waals surface area contributed by atoms with E-state index < -0.39 is 0 Å². The van der Waals surface area contributed by atoms with Crippen molar-refractivity contribution in [3.63, 3.8) is 0 Å². The van der Waals surface area contributed by atoms with Crippen molar-refractivity contribution in [2.24, 2.45) is 5.92 Å². The average molecular weight is 190 g/mol. The van der Waals surface area contributed by atoms with Crippen molar-refractivity contribution in [1.82, 2.24) is 0 Å². The monoisotopic (exact) mass is 190 g/mol. The van der Waals surface area contributed by atoms with Gasteiger partial charge in [-0.3, -0.25) is 0 Å². The van der Waals surface area contributed by atoms with E-state index in [1.165, 1.54) is 12.8 Å². The zero-order valence-corrected chi connectivity index (χ0v) is 8.07. The number of hydrogen-bond acceptors (Lipinski definition) is 2. The van der Waals surface area contributed by atoms with Crippen LogP contribution in [0.3, 0.4) is 0 Å². The summed E-state index contributed by atoms with van der Waals surface area (Å²) in [5.74, 6) is 2.13. The number of phenols is 1. The van der Waals surface area contributed by atoms with Crippen LogP contribution < -0.4 is 4.74 Å². The second kappa shape index (κ2) is 2.91. The van der Waals surface area contributed by atoms with Crippen molar-refractivity contribution >= 4 is 0 Å². The first kappa shape index (κ1) is 8.16. The molecule has 1 aromatic rings. The summed E-state index contributed by atoms with van der Waals surface area (Å²) >= 11 is 0. The molecule has 2 aliphatic rings. The van der Waals surface area contributed by atoms with Crippen LogP contribution in [0, 0.1) is 5.92 Å². The molecule has 1 N–H and O–H groups in total. The van der Waals surface area contributed by atoms with Gasteiger partial charge in [-0.05, 0) is 55.4 Å². The Morgan fingerprint density at radius 1 is 1.21 bits per heavy atom. The Labute approximate surface area is 83.5 Å². The maximum atomic E-state index is 9.32. The van der Waals surface area contributed by atoms with Gasteiger partial charge in [0.2, 0.25) is 0 Å². The summed E-state index contributed by atoms with van der Waals surface area (Å²) in [4.78, 5) is 0. The van der Waals surface area contributed by atoms with Gasteiger partial charge in [0.05, 0.1) is 0 Å². The van der Waals surface area contributed by atoms with E-state index in [2.05, 4.69) is 0 Å². The summed E-state index contributed by atoms with van der Waals surface area (Å²) < 4.78 is 5.90. The lowest BCUT2D eigenvalue weighted by atomic mass is 9.99. The summed E-state index contributed by atoms with van der Waals surface area (Å²) in [7, 11) is 0. The number of ether oxygens (including phenoxy) is 1. The van der Waals surface area contributed by atoms with Crippen LogP contribution in [0.4, 0.5) is 0 Å². The Kier molecular flexibility index (Phi) is 1.69. The van der Waals surface area contributed by atoms with E-state index in [-0.39, 0.29) is 0 Å². The third kappa shape index (κ3) is 1.35. The number of phenolic OH excluding ortho intramolecular Hbond substituents is 1. The van der Waals surface area contributed by atoms with Crippen molar-refractivity contribution in [2.75, 3.05) is 0 Å². The van der Waals surface area contributed by atoms with Gasteiger partial charge in [0, 0.05) is 0 Å². The molecule has 0 amide bonds. The molecule has 14 heavy (non-hydrogen) atoms. The highest BCUT2D eigenvalue weighted by molar-refractivity contribution is 5.41. The zero-order chi connectivity index (χ0) is 9.54. The van der Waals surface area contributed by atoms with Gasteiger partial charge in [0.1, 0.15) is 17.6 Å². The van der Waals surface area contributed by atoms with Crippen LogP contribution in [0.25, 0.3) is 0 Å². The Bertz CT molecular complexity index is 355. The van der Waals surface area contributed by atoms with E-state index in [0.29, 0.717) is 11.9 Å². The highest BCUT2D eigenvalue weighted by atomic mass is 16.5. The zero-order valence-electron chi connectivity index (χ0n) is 8.07. The number of rotatable bonds is 1. The minimum absolute atomic E-state index is 0.345. The molecule has 2 heteroatoms. The van der Waals surface area contributed by atoms with Gasteiger partial charge in [-0.25, -0.2) is 0 Å². The molecule has 0 spiro atoms. The van der Waals surface area contributed by atoms with Gasteiger partial charge >= 0.3 is 0 Å². The van der Waals surface area contributed by atoms with Crippen LogP contribution in [-0.4, -0.2) is 11.2 Å². The lowest BCUT2D eigenvalue weighted by Crippen LogP contribution is -2.24. The lowest BCUT2D eigenvalue weighted by Gasteiger charge is -2.26. The van der Waals surface area contributed by atoms with Gasteiger partial charge < -0.3 is 9.84 Å². The van der Waals surface area contributed by atoms with Crippen molar-refractivity contribution in [1.29, 1.82) is 0 Å². The van der Waals surface area contributed by atoms with Crippen molar-refractivity contribution in [3.05, 3.63) is 23.8 Å². The Hall–Kier alpha value is -1.18. The predicted octanol–water partition coefficient (Wildman–Crippen LogP) is 2.50. The molecule has 1 aromatic carbocycles. The fraction of sp³-hybridized carbons (Fsp3) is 0.500. The highest BCUT2D eigenvalue weighted by Crippen LogP contribution is 2.40. The fourth-order valence-electron chi connectivity index (χ4n) is 2.20. The topological polar surface area (TPSA) is 29.5 Å². The van der Waals surface area contributed by atoms with Crippen molar-refractivity contribution < 1.29 is 9.84 Å². The van der Waals surface area contributed by atoms with Gasteiger partial charge in [-0.15, -0.1) is 0 Å². The van der Waals surface area contributed by atoms with Crippen molar-refractivity contribution in [2.45, 2.75) is 31.8 Å². The molecule has 1 atom stereocenters. The predicted molar refractivity (Wildman–Crippen MR) is 53.6 cm³/mol. The van der Waals surface area contributed by atoms with Gasteiger partial charge in [-0.2, -0.15) is 0 Å². The van der Waals surface area contributed by atoms with E-state index in [4.69, 9.17) is 4.74 Å². The molecule has 0 saturated heterocycles. The Morgan fingerprint density at radius 2 is 2.07 bits per heavy atom. The fourth-order valence-corrected chi connectivity index (χ4v) is 2.20. The minimum atomic E-state index is 0.345. The maximum absolute atomic E-state index is 9.32. The minimum Gasteiger partial charge on any atom is -0.508 e. The Morgan fingerprint density at radius 3 is 2.86 bits per heavy atom. The summed E-state index contributed by atoms with van der Waals surface area (Å²) in [6, 6.07) is 5.41. The van der Waals surface area contributed by atoms with Crippen LogP contribution in [-0.2, 0) is 6.42 Å². The SMILES string of the molecule is Oc1ccc2c(c1)CCC(C1CC1)O2. The standard InChI is InChI=1S/C12H14O2/c13-10-4-6-12-9(7-10)3-5-11(14-12)8-1-2-8/h4,6-8,11,13H,1-3,5H2. The van der Waals surface area contributed by atoms with Crippen LogP contribution in [0.1, 0.15) is 24.8 Å². The molecule has 74 valence electrons. The van der Waals surface area contributed by atoms with Crippen LogP contribution in [0.15, 0.2) is 18.2 Å². The van der Waals surface area contributed by atoms with Crippen LogP contribution in [0.2, 0.25) is 0 Å². The van der Waals surface area contributed by atoms with Gasteiger partial charge in [0.15, 0.2) is 0 Å². The first-order chi connectivity index (χ1) is 6.83. The van der Waals surface area contributed by atoms with E-state index in [9.17, 15) is 5.11 Å². The number of hydrogen-bond donors (Lipinski definition) is 1. The van der Waals surface area contributed by atoms with Gasteiger partial charge in [0.25, 0.3) is 0 Å². The third-order valence-corrected chi connectivity index (χ3v) is 3.17. The highest BCUT2D eigenvalue weighted by Gasteiger charge is 2.34. The normalized spacial score (nSPS) is 25.3. The smallest absolute Gasteiger partial charge is 0.123 e. The largest absolute Gasteiger partial charge is 0.508 e. The Balaban J connectivity index is 1.86. The molecular formula is C12H14O2. The number of aryl methyl sites for hydroxylation is 1. The van der Waals surface area contributed by atoms with Crippen LogP contribution in [0.5, 0.6) is 11.5 Å². The third-order valence-electron chi connectivity index (χ3n) is 3.17. The second-order valence-corrected chi connectivity index (χ2v) is 4.32. The van der Waals surface area contributed by atoms with E-state index in [1.54, 1.807) is 6.07 Å². The number of fused-ring (bicyclic) bond motifs is 1. The first-order valence-electron chi connectivity index (χ1n) is 5.31. The van der Waals surface area contributed by atoms with E-state index in [0.717, 1.165) is 30.1 Å². The second-order valence-electron chi connectivity index (χ2n) is 4.32. The number of benzene rings is 1. The summed E-state index contributed by atoms with van der Waals surface area (Å²) in [5, 5.41) is 9.32. The summed E-state index contributed by atoms with van der Waals surface area (Å²) in [5.41, 5.74) is 1.15. The molecule has 1 unspecified atom stereocenters. The first-order valence-corrected chi connectivity index (χ1v) is 5.31. The quantitative estimate of drug-likeness (QED) is 0.737. The van der Waals surface area contributed by atoms with Crippen LogP contribution >= 0.6 is 0 Å². The molecule has 1 aliphatic heterocycles. The van der Waals surface area contributed by atoms with Crippen molar-refractivity contribution in [3.8, 4) is 11.5 Å². The van der Waals surface area contributed by atoms with Gasteiger partial charge in [-0.1, -0.05) is 0 Å². The molecule has 2 nitrogen and oxygen atoms in total. The number of aromatic hydroxyl groups is 1. The molecule has 1 heterocycles. The maximum Gasteiger partial charge on any atom is 0.123 e. The van der Waals surface area contributed by atoms with E-state index >= 15 is 0 Å². The molecule has 0 aromatic heterocycles. The average Bonchev–Trinajstić information content (AvgIpc) is 3.00. The molecule has 1 aliphatic carbocycles. The molecule has 1 fully saturated rings. The van der Waals surface area contributed by atoms with E-state index in [1.807, 2.05) is 12.1 Å². The summed E-state index contributed by atoms with van der Waals surface area (Å²) in [6.45, 7) is 0. The molecule has 3 rings (SSSR count). The lowest BCUT2D eigenvalue weighted by molar-refractivity contribution is 0.151. The molecule has 0 bridgehead atoms. The summed E-state index contributed by atoms with van der Waals surface area (Å²) in [6.07, 6.45) is 5.26. The molecule has 0 radical (unpaired) electrons.